The fourth-order valence-corrected chi connectivity index (χ4v) is 3.51. The van der Waals surface area contributed by atoms with Gasteiger partial charge in [-0.15, -0.1) is 5.54 Å². The van der Waals surface area contributed by atoms with E-state index in [9.17, 15) is 19.2 Å². The van der Waals surface area contributed by atoms with Gasteiger partial charge in [0.15, 0.2) is 24.6 Å². The first-order valence-corrected chi connectivity index (χ1v) is 15.2. The zero-order valence-electron chi connectivity index (χ0n) is 22.3. The summed E-state index contributed by atoms with van der Waals surface area (Å²) in [4.78, 5) is 46.7. The number of carbonyl (C=O) groups excluding carboxylic acids is 4. The van der Waals surface area contributed by atoms with Crippen LogP contribution >= 0.6 is 0 Å². The van der Waals surface area contributed by atoms with Crippen LogP contribution in [-0.2, 0) is 47.6 Å². The Morgan fingerprint density at radius 1 is 0.757 bits per heavy atom. The van der Waals surface area contributed by atoms with Crippen LogP contribution in [0.15, 0.2) is 0 Å². The van der Waals surface area contributed by atoms with E-state index in [0.29, 0.717) is 12.8 Å². The van der Waals surface area contributed by atoms with E-state index in [0.717, 1.165) is 13.8 Å². The average Bonchev–Trinajstić information content (AvgIpc) is 2.75. The second-order valence-electron chi connectivity index (χ2n) is 9.09. The highest BCUT2D eigenvalue weighted by molar-refractivity contribution is 6.83. The first-order valence-electron chi connectivity index (χ1n) is 11.7. The van der Waals surface area contributed by atoms with Crippen LogP contribution in [0.1, 0.15) is 40.5 Å². The van der Waals surface area contributed by atoms with Crippen molar-refractivity contribution in [2.75, 3.05) is 13.2 Å². The zero-order valence-corrected chi connectivity index (χ0v) is 23.3. The Morgan fingerprint density at radius 2 is 1.32 bits per heavy atom. The fourth-order valence-electron chi connectivity index (χ4n) is 3.07. The van der Waals surface area contributed by atoms with E-state index in [4.69, 9.17) is 28.4 Å². The summed E-state index contributed by atoms with van der Waals surface area (Å²) in [5.74, 6) is 11.1. The summed E-state index contributed by atoms with van der Waals surface area (Å²) >= 11 is 0. The largest absolute Gasteiger partial charge is 0.463 e. The molecular formula is C26H34O10Si. The Kier molecular flexibility index (Phi) is 13.5. The summed E-state index contributed by atoms with van der Waals surface area (Å²) < 4.78 is 32.7. The van der Waals surface area contributed by atoms with Crippen molar-refractivity contribution in [1.29, 1.82) is 0 Å². The number of unbranched alkanes of at least 4 members (excludes halogenated alkanes) is 1. The maximum atomic E-state index is 11.8. The van der Waals surface area contributed by atoms with Crippen LogP contribution in [0.4, 0.5) is 0 Å². The Bertz CT molecular complexity index is 1010. The average molecular weight is 535 g/mol. The predicted molar refractivity (Wildman–Crippen MR) is 134 cm³/mol. The molecule has 1 aliphatic rings. The third-order valence-corrected chi connectivity index (χ3v) is 5.26. The summed E-state index contributed by atoms with van der Waals surface area (Å²) in [6.45, 7) is 10.9. The highest BCUT2D eigenvalue weighted by Gasteiger charge is 2.52. The lowest BCUT2D eigenvalue weighted by molar-refractivity contribution is -0.308. The molecule has 1 fully saturated rings. The summed E-state index contributed by atoms with van der Waals surface area (Å²) in [6.07, 6.45) is -5.05. The summed E-state index contributed by atoms with van der Waals surface area (Å²) in [6, 6.07) is 0. The molecule has 0 aromatic rings. The van der Waals surface area contributed by atoms with Crippen LogP contribution < -0.4 is 0 Å². The van der Waals surface area contributed by atoms with E-state index < -0.39 is 62.7 Å². The second-order valence-corrected chi connectivity index (χ2v) is 13.8. The molecule has 11 heteroatoms. The Labute approximate surface area is 219 Å². The molecule has 1 aliphatic heterocycles. The maximum Gasteiger partial charge on any atom is 0.303 e. The minimum atomic E-state index is -1.47. The van der Waals surface area contributed by atoms with Crippen LogP contribution in [0.5, 0.6) is 0 Å². The molecule has 5 atom stereocenters. The van der Waals surface area contributed by atoms with Gasteiger partial charge in [-0.05, 0) is 30.1 Å². The number of hydrogen-bond donors (Lipinski definition) is 0. The van der Waals surface area contributed by atoms with Crippen LogP contribution in [0.3, 0.4) is 0 Å². The minimum Gasteiger partial charge on any atom is -0.463 e. The van der Waals surface area contributed by atoms with Gasteiger partial charge in [0, 0.05) is 34.1 Å². The molecule has 10 nitrogen and oxygen atoms in total. The normalized spacial score (nSPS) is 22.4. The Balaban J connectivity index is 2.97. The monoisotopic (exact) mass is 534 g/mol. The third kappa shape index (κ3) is 13.5. The molecule has 0 aromatic heterocycles. The van der Waals surface area contributed by atoms with Gasteiger partial charge < -0.3 is 28.4 Å². The molecule has 0 N–H and O–H groups in total. The molecule has 0 saturated carbocycles. The van der Waals surface area contributed by atoms with Gasteiger partial charge in [-0.1, -0.05) is 25.6 Å². The number of rotatable bonds is 9. The number of ether oxygens (including phenoxy) is 6. The lowest BCUT2D eigenvalue weighted by atomic mass is 9.98. The molecular weight excluding hydrogens is 500 g/mol. The third-order valence-electron chi connectivity index (χ3n) is 4.39. The molecule has 1 heterocycles. The van der Waals surface area contributed by atoms with Gasteiger partial charge in [-0.2, -0.15) is 0 Å². The number of carbonyl (C=O) groups is 4. The lowest BCUT2D eigenvalue weighted by Crippen LogP contribution is -2.63. The fraction of sp³-hybridized carbons (Fsp3) is 0.615. The summed E-state index contributed by atoms with van der Waals surface area (Å²) in [7, 11) is -1.47. The van der Waals surface area contributed by atoms with Crippen molar-refractivity contribution in [2.45, 2.75) is 90.9 Å². The number of esters is 4. The van der Waals surface area contributed by atoms with Gasteiger partial charge >= 0.3 is 23.9 Å². The number of hydrogen-bond acceptors (Lipinski definition) is 10. The standard InChI is InChI=1S/C26H34O10Si/c1-18(27)32-17-22-23(33-19(2)28)24(34-20(3)29)25(35-21(4)30)26(36-22)31-15-13-11-9-8-10-12-14-16-37(5,6)7/h22-26H,11,13,15,17H2,1-7H3/t22-,23-,24+,25-,26-/m1/s1. The molecule has 1 rings (SSSR count). The van der Waals surface area contributed by atoms with E-state index >= 15 is 0 Å². The molecule has 202 valence electrons. The maximum absolute atomic E-state index is 11.8. The van der Waals surface area contributed by atoms with E-state index in [-0.39, 0.29) is 13.2 Å². The second kappa shape index (κ2) is 15.7. The highest BCUT2D eigenvalue weighted by atomic mass is 28.3. The predicted octanol–water partition coefficient (Wildman–Crippen LogP) is 1.75. The van der Waals surface area contributed by atoms with Crippen molar-refractivity contribution in [3.63, 3.8) is 0 Å². The first-order chi connectivity index (χ1) is 17.3. The van der Waals surface area contributed by atoms with Crippen molar-refractivity contribution in [3.05, 3.63) is 0 Å². The van der Waals surface area contributed by atoms with E-state index in [2.05, 4.69) is 54.8 Å². The summed E-state index contributed by atoms with van der Waals surface area (Å²) in [5.41, 5.74) is 3.13. The molecule has 1 saturated heterocycles. The van der Waals surface area contributed by atoms with Crippen molar-refractivity contribution < 1.29 is 47.6 Å². The van der Waals surface area contributed by atoms with Gasteiger partial charge in [0.2, 0.25) is 0 Å². The first kappa shape index (κ1) is 31.7. The van der Waals surface area contributed by atoms with Crippen LogP contribution in [-0.4, -0.2) is 75.9 Å². The van der Waals surface area contributed by atoms with Gasteiger partial charge in [0.25, 0.3) is 0 Å². The molecule has 0 amide bonds. The molecule has 0 aliphatic carbocycles. The molecule has 37 heavy (non-hydrogen) atoms. The van der Waals surface area contributed by atoms with Crippen LogP contribution in [0.25, 0.3) is 0 Å². The van der Waals surface area contributed by atoms with Gasteiger partial charge in [-0.3, -0.25) is 19.2 Å². The lowest BCUT2D eigenvalue weighted by Gasteiger charge is -2.44. The molecule has 0 unspecified atom stereocenters. The molecule has 0 spiro atoms. The van der Waals surface area contributed by atoms with E-state index in [1.807, 2.05) is 0 Å². The minimum absolute atomic E-state index is 0.144. The van der Waals surface area contributed by atoms with E-state index in [1.165, 1.54) is 13.8 Å². The highest BCUT2D eigenvalue weighted by Crippen LogP contribution is 2.30. The SMILES string of the molecule is CC(=O)OC[C@H]1O[C@@H](OCCCC#CC#CC#C[Si](C)(C)C)[C@H](OC(C)=O)[C@@H](OC(C)=O)[C@@H]1OC(C)=O. The zero-order chi connectivity index (χ0) is 28.0. The van der Waals surface area contributed by atoms with Gasteiger partial charge in [0.05, 0.1) is 6.61 Å². The van der Waals surface area contributed by atoms with Crippen molar-refractivity contribution in [3.8, 4) is 35.1 Å². The Morgan fingerprint density at radius 3 is 1.89 bits per heavy atom. The molecule has 0 aromatic carbocycles. The van der Waals surface area contributed by atoms with Gasteiger partial charge in [-0.25, -0.2) is 0 Å². The quantitative estimate of drug-likeness (QED) is 0.142. The van der Waals surface area contributed by atoms with Crippen LogP contribution in [0, 0.1) is 35.1 Å². The van der Waals surface area contributed by atoms with E-state index in [1.54, 1.807) is 0 Å². The van der Waals surface area contributed by atoms with Crippen molar-refractivity contribution >= 4 is 32.0 Å². The Hall–Kier alpha value is -3.30. The van der Waals surface area contributed by atoms with Crippen molar-refractivity contribution in [1.82, 2.24) is 0 Å². The molecule has 0 radical (unpaired) electrons. The smallest absolute Gasteiger partial charge is 0.303 e. The molecule has 0 bridgehead atoms. The van der Waals surface area contributed by atoms with Crippen molar-refractivity contribution in [2.24, 2.45) is 0 Å². The van der Waals surface area contributed by atoms with Gasteiger partial charge in [0.1, 0.15) is 20.8 Å². The summed E-state index contributed by atoms with van der Waals surface area (Å²) in [5, 5.41) is 0. The van der Waals surface area contributed by atoms with Crippen LogP contribution in [0.2, 0.25) is 19.6 Å². The topological polar surface area (TPSA) is 124 Å².